The van der Waals surface area contributed by atoms with Crippen molar-refractivity contribution in [3.8, 4) is 5.75 Å². The first-order valence-corrected chi connectivity index (χ1v) is 10.4. The minimum atomic E-state index is -4.65. The molecule has 0 aliphatic carbocycles. The van der Waals surface area contributed by atoms with Gasteiger partial charge < -0.3 is 4.74 Å². The van der Waals surface area contributed by atoms with E-state index in [-0.39, 0.29) is 5.69 Å². The van der Waals surface area contributed by atoms with Gasteiger partial charge in [-0.15, -0.1) is 0 Å². The van der Waals surface area contributed by atoms with Crippen molar-refractivity contribution in [3.05, 3.63) is 59.7 Å². The molecule has 0 aromatic heterocycles. The molecule has 0 atom stereocenters. The average Bonchev–Trinajstić information content (AvgIpc) is 2.69. The Labute approximate surface area is 172 Å². The fourth-order valence-electron chi connectivity index (χ4n) is 2.45. The lowest BCUT2D eigenvalue weighted by atomic mass is 10.1. The summed E-state index contributed by atoms with van der Waals surface area (Å²) in [6.45, 7) is 0.892. The number of benzene rings is 2. The van der Waals surface area contributed by atoms with Gasteiger partial charge in [-0.05, 0) is 55.0 Å². The first kappa shape index (κ1) is 23.2. The molecular weight excluding hydrogens is 423 g/mol. The monoisotopic (exact) mass is 443 g/mol. The van der Waals surface area contributed by atoms with Crippen molar-refractivity contribution in [1.82, 2.24) is 5.43 Å². The summed E-state index contributed by atoms with van der Waals surface area (Å²) in [5.41, 5.74) is 2.04. The van der Waals surface area contributed by atoms with Crippen molar-refractivity contribution in [2.75, 3.05) is 24.2 Å². The summed E-state index contributed by atoms with van der Waals surface area (Å²) in [6, 6.07) is 10.6. The summed E-state index contributed by atoms with van der Waals surface area (Å²) in [5, 5.41) is 3.91. The second-order valence-electron chi connectivity index (χ2n) is 6.28. The van der Waals surface area contributed by atoms with Gasteiger partial charge in [-0.25, -0.2) is 13.8 Å². The van der Waals surface area contributed by atoms with Gasteiger partial charge in [-0.2, -0.15) is 18.3 Å². The lowest BCUT2D eigenvalue weighted by Gasteiger charge is -2.22. The first-order valence-electron chi connectivity index (χ1n) is 8.54. The van der Waals surface area contributed by atoms with E-state index in [9.17, 15) is 26.4 Å². The maximum absolute atomic E-state index is 12.9. The van der Waals surface area contributed by atoms with E-state index in [0.29, 0.717) is 27.4 Å². The van der Waals surface area contributed by atoms with Crippen LogP contribution < -0.4 is 14.5 Å². The molecule has 0 unspecified atom stereocenters. The van der Waals surface area contributed by atoms with Gasteiger partial charge in [0.25, 0.3) is 5.91 Å². The molecule has 0 aliphatic heterocycles. The maximum Gasteiger partial charge on any atom is 0.416 e. The van der Waals surface area contributed by atoms with Gasteiger partial charge in [0.05, 0.1) is 30.3 Å². The number of rotatable bonds is 7. The highest BCUT2D eigenvalue weighted by Gasteiger charge is 2.32. The zero-order valence-electron chi connectivity index (χ0n) is 16.4. The summed E-state index contributed by atoms with van der Waals surface area (Å²) in [4.78, 5) is 12.2. The van der Waals surface area contributed by atoms with Crippen molar-refractivity contribution >= 4 is 27.3 Å². The fraction of sp³-hybridized carbons (Fsp3) is 0.263. The minimum Gasteiger partial charge on any atom is -0.497 e. The zero-order valence-corrected chi connectivity index (χ0v) is 17.2. The molecule has 0 fully saturated rings. The molecule has 0 heterocycles. The average molecular weight is 443 g/mol. The number of amides is 1. The number of alkyl halides is 3. The number of carbonyl (C=O) groups excluding carboxylic acids is 1. The summed E-state index contributed by atoms with van der Waals surface area (Å²) < 4.78 is 68.6. The third-order valence-electron chi connectivity index (χ3n) is 4.01. The molecule has 1 amide bonds. The Morgan fingerprint density at radius 3 is 2.33 bits per heavy atom. The van der Waals surface area contributed by atoms with Crippen LogP contribution in [-0.2, 0) is 21.0 Å². The van der Waals surface area contributed by atoms with Crippen molar-refractivity contribution in [2.24, 2.45) is 5.10 Å². The molecule has 1 N–H and O–H groups in total. The molecule has 7 nitrogen and oxygen atoms in total. The van der Waals surface area contributed by atoms with Gasteiger partial charge in [-0.3, -0.25) is 9.10 Å². The Balaban J connectivity index is 2.18. The Kier molecular flexibility index (Phi) is 7.08. The van der Waals surface area contributed by atoms with Crippen LogP contribution in [0.3, 0.4) is 0 Å². The van der Waals surface area contributed by atoms with Crippen LogP contribution in [0.2, 0.25) is 0 Å². The van der Waals surface area contributed by atoms with Crippen LogP contribution in [0.4, 0.5) is 18.9 Å². The Hall–Kier alpha value is -3.08. The van der Waals surface area contributed by atoms with E-state index < -0.39 is 34.2 Å². The second-order valence-corrected chi connectivity index (χ2v) is 8.19. The van der Waals surface area contributed by atoms with Crippen LogP contribution >= 0.6 is 0 Å². The van der Waals surface area contributed by atoms with Crippen LogP contribution in [0.5, 0.6) is 5.75 Å². The van der Waals surface area contributed by atoms with Gasteiger partial charge in [0, 0.05) is 0 Å². The highest BCUT2D eigenvalue weighted by Crippen LogP contribution is 2.32. The Bertz CT molecular complexity index is 1040. The molecule has 0 saturated carbocycles. The standard InChI is InChI=1S/C19H20F3N3O4S/c1-13(14-7-9-17(29-2)10-8-14)23-24-18(26)12-25(30(3,27)28)16-6-4-5-15(11-16)19(20,21)22/h4-11H,12H2,1-3H3,(H,24,26)/b23-13-. The molecule has 0 radical (unpaired) electrons. The van der Waals surface area contributed by atoms with E-state index in [4.69, 9.17) is 4.74 Å². The van der Waals surface area contributed by atoms with E-state index in [1.165, 1.54) is 13.2 Å². The molecule has 30 heavy (non-hydrogen) atoms. The molecule has 0 saturated heterocycles. The van der Waals surface area contributed by atoms with E-state index in [1.54, 1.807) is 31.2 Å². The molecule has 0 aliphatic rings. The van der Waals surface area contributed by atoms with Crippen molar-refractivity contribution in [1.29, 1.82) is 0 Å². The van der Waals surface area contributed by atoms with E-state index in [1.807, 2.05) is 0 Å². The number of ether oxygens (including phenoxy) is 1. The smallest absolute Gasteiger partial charge is 0.416 e. The van der Waals surface area contributed by atoms with Crippen LogP contribution in [0.25, 0.3) is 0 Å². The molecule has 2 aromatic rings. The van der Waals surface area contributed by atoms with Gasteiger partial charge in [0.1, 0.15) is 12.3 Å². The Morgan fingerprint density at radius 2 is 1.80 bits per heavy atom. The van der Waals surface area contributed by atoms with Gasteiger partial charge >= 0.3 is 6.18 Å². The van der Waals surface area contributed by atoms with Crippen molar-refractivity contribution in [2.45, 2.75) is 13.1 Å². The molecular formula is C19H20F3N3O4S. The predicted molar refractivity (Wildman–Crippen MR) is 107 cm³/mol. The predicted octanol–water partition coefficient (Wildman–Crippen LogP) is 3.02. The number of nitrogens with one attached hydrogen (secondary N) is 1. The van der Waals surface area contributed by atoms with Crippen LogP contribution in [-0.4, -0.2) is 39.9 Å². The largest absolute Gasteiger partial charge is 0.497 e. The number of halogens is 3. The van der Waals surface area contributed by atoms with Crippen LogP contribution in [0.1, 0.15) is 18.1 Å². The number of methoxy groups -OCH3 is 1. The second kappa shape index (κ2) is 9.16. The number of nitrogens with zero attached hydrogens (tertiary/aromatic N) is 2. The summed E-state index contributed by atoms with van der Waals surface area (Å²) in [5.74, 6) is -0.175. The Morgan fingerprint density at radius 1 is 1.17 bits per heavy atom. The van der Waals surface area contributed by atoms with E-state index in [0.717, 1.165) is 18.4 Å². The lowest BCUT2D eigenvalue weighted by Crippen LogP contribution is -2.39. The quantitative estimate of drug-likeness (QED) is 0.526. The number of hydrazone groups is 1. The molecule has 0 spiro atoms. The topological polar surface area (TPSA) is 88.1 Å². The van der Waals surface area contributed by atoms with Gasteiger partial charge in [-0.1, -0.05) is 6.07 Å². The van der Waals surface area contributed by atoms with E-state index >= 15 is 0 Å². The fourth-order valence-corrected chi connectivity index (χ4v) is 3.29. The van der Waals surface area contributed by atoms with Gasteiger partial charge in [0.2, 0.25) is 10.0 Å². The van der Waals surface area contributed by atoms with Crippen molar-refractivity contribution < 1.29 is 31.1 Å². The number of hydrogen-bond acceptors (Lipinski definition) is 5. The number of anilines is 1. The SMILES string of the molecule is COc1ccc(/C(C)=N\NC(=O)CN(c2cccc(C(F)(F)F)c2)S(C)(=O)=O)cc1. The van der Waals surface area contributed by atoms with E-state index in [2.05, 4.69) is 10.5 Å². The third kappa shape index (κ3) is 6.21. The highest BCUT2D eigenvalue weighted by atomic mass is 32.2. The minimum absolute atomic E-state index is 0.279. The highest BCUT2D eigenvalue weighted by molar-refractivity contribution is 7.92. The summed E-state index contributed by atoms with van der Waals surface area (Å²) in [7, 11) is -2.51. The number of carbonyl (C=O) groups is 1. The third-order valence-corrected chi connectivity index (χ3v) is 5.15. The van der Waals surface area contributed by atoms with Crippen LogP contribution in [0, 0.1) is 0 Å². The number of sulfonamides is 1. The van der Waals surface area contributed by atoms with Crippen molar-refractivity contribution in [3.63, 3.8) is 0 Å². The molecule has 0 bridgehead atoms. The maximum atomic E-state index is 12.9. The summed E-state index contributed by atoms with van der Waals surface area (Å²) >= 11 is 0. The lowest BCUT2D eigenvalue weighted by molar-refractivity contribution is -0.137. The normalized spacial score (nSPS) is 12.4. The molecule has 2 aromatic carbocycles. The van der Waals surface area contributed by atoms with Crippen LogP contribution in [0.15, 0.2) is 53.6 Å². The molecule has 2 rings (SSSR count). The first-order chi connectivity index (χ1) is 13.9. The molecule has 11 heteroatoms. The summed E-state index contributed by atoms with van der Waals surface area (Å²) in [6.07, 6.45) is -3.85. The zero-order chi connectivity index (χ0) is 22.5. The number of hydrogen-bond donors (Lipinski definition) is 1. The van der Waals surface area contributed by atoms with Gasteiger partial charge in [0.15, 0.2) is 0 Å². The molecule has 162 valence electrons.